The van der Waals surface area contributed by atoms with E-state index < -0.39 is 0 Å². The van der Waals surface area contributed by atoms with Gasteiger partial charge in [-0.3, -0.25) is 4.68 Å². The second kappa shape index (κ2) is 3.12. The van der Waals surface area contributed by atoms with E-state index in [1.807, 2.05) is 29.9 Å². The summed E-state index contributed by atoms with van der Waals surface area (Å²) in [6.45, 7) is 0.529. The molecule has 0 radical (unpaired) electrons. The van der Waals surface area contributed by atoms with Crippen LogP contribution in [-0.4, -0.2) is 9.78 Å². The molecule has 4 heteroatoms. The molecular weight excluding hydrogens is 230 g/mol. The van der Waals surface area contributed by atoms with E-state index >= 15 is 0 Å². The molecule has 0 fully saturated rings. The van der Waals surface area contributed by atoms with E-state index in [4.69, 9.17) is 5.73 Å². The first kappa shape index (κ1) is 8.72. The van der Waals surface area contributed by atoms with Crippen LogP contribution in [0, 0.1) is 0 Å². The maximum Gasteiger partial charge on any atom is 0.111 e. The smallest absolute Gasteiger partial charge is 0.111 e. The summed E-state index contributed by atoms with van der Waals surface area (Å²) < 4.78 is 2.81. The third-order valence-corrected chi connectivity index (χ3v) is 3.04. The van der Waals surface area contributed by atoms with E-state index in [-0.39, 0.29) is 0 Å². The van der Waals surface area contributed by atoms with Gasteiger partial charge in [-0.2, -0.15) is 5.10 Å². The zero-order valence-corrected chi connectivity index (χ0v) is 8.87. The summed E-state index contributed by atoms with van der Waals surface area (Å²) in [4.78, 5) is 0. The number of halogens is 1. The van der Waals surface area contributed by atoms with Gasteiger partial charge in [0, 0.05) is 19.0 Å². The molecule has 0 aliphatic heterocycles. The second-order valence-electron chi connectivity index (χ2n) is 2.93. The average molecular weight is 240 g/mol. The van der Waals surface area contributed by atoms with Gasteiger partial charge in [-0.05, 0) is 21.5 Å². The van der Waals surface area contributed by atoms with Crippen LogP contribution in [0.1, 0.15) is 5.56 Å². The standard InChI is InChI=1S/C9H10BrN3/c1-13-9(10)7-4-2-3-6(5-11)8(7)12-13/h2-4H,5,11H2,1H3. The fraction of sp³-hybridized carbons (Fsp3) is 0.222. The SMILES string of the molecule is Cn1nc2c(CN)cccc2c1Br. The van der Waals surface area contributed by atoms with Crippen molar-refractivity contribution < 1.29 is 0 Å². The van der Waals surface area contributed by atoms with Gasteiger partial charge in [0.15, 0.2) is 0 Å². The molecule has 2 aromatic rings. The number of aromatic nitrogens is 2. The highest BCUT2D eigenvalue weighted by Crippen LogP contribution is 2.24. The third-order valence-electron chi connectivity index (χ3n) is 2.10. The van der Waals surface area contributed by atoms with Crippen molar-refractivity contribution in [3.05, 3.63) is 28.4 Å². The molecule has 0 amide bonds. The minimum atomic E-state index is 0.529. The molecule has 0 spiro atoms. The van der Waals surface area contributed by atoms with Crippen LogP contribution in [0.2, 0.25) is 0 Å². The van der Waals surface area contributed by atoms with E-state index in [1.165, 1.54) is 0 Å². The largest absolute Gasteiger partial charge is 0.326 e. The number of hydrogen-bond donors (Lipinski definition) is 1. The summed E-state index contributed by atoms with van der Waals surface area (Å²) in [6, 6.07) is 6.03. The maximum atomic E-state index is 5.61. The van der Waals surface area contributed by atoms with Crippen molar-refractivity contribution in [1.29, 1.82) is 0 Å². The highest BCUT2D eigenvalue weighted by Gasteiger charge is 2.07. The Labute approximate surface area is 84.7 Å². The van der Waals surface area contributed by atoms with Crippen molar-refractivity contribution in [2.45, 2.75) is 6.54 Å². The highest BCUT2D eigenvalue weighted by molar-refractivity contribution is 9.10. The first-order valence-electron chi connectivity index (χ1n) is 4.04. The molecule has 0 unspecified atom stereocenters. The van der Waals surface area contributed by atoms with Gasteiger partial charge in [0.05, 0.1) is 5.52 Å². The fourth-order valence-electron chi connectivity index (χ4n) is 1.41. The summed E-state index contributed by atoms with van der Waals surface area (Å²) in [5, 5.41) is 5.49. The molecule has 68 valence electrons. The van der Waals surface area contributed by atoms with Crippen LogP contribution in [-0.2, 0) is 13.6 Å². The van der Waals surface area contributed by atoms with Crippen LogP contribution in [0.25, 0.3) is 10.9 Å². The zero-order valence-electron chi connectivity index (χ0n) is 7.29. The molecule has 0 aliphatic carbocycles. The molecule has 1 aromatic heterocycles. The topological polar surface area (TPSA) is 43.8 Å². The molecule has 2 N–H and O–H groups in total. The van der Waals surface area contributed by atoms with Crippen LogP contribution in [0.3, 0.4) is 0 Å². The average Bonchev–Trinajstić information content (AvgIpc) is 2.43. The maximum absolute atomic E-state index is 5.61. The van der Waals surface area contributed by atoms with E-state index in [1.54, 1.807) is 0 Å². The van der Waals surface area contributed by atoms with Gasteiger partial charge in [0.25, 0.3) is 0 Å². The monoisotopic (exact) mass is 239 g/mol. The van der Waals surface area contributed by atoms with E-state index in [0.717, 1.165) is 21.1 Å². The van der Waals surface area contributed by atoms with E-state index in [0.29, 0.717) is 6.54 Å². The molecule has 0 atom stereocenters. The summed E-state index contributed by atoms with van der Waals surface area (Å²) >= 11 is 3.47. The Morgan fingerprint density at radius 1 is 1.54 bits per heavy atom. The number of benzene rings is 1. The van der Waals surface area contributed by atoms with Gasteiger partial charge in [0.1, 0.15) is 4.60 Å². The van der Waals surface area contributed by atoms with Crippen LogP contribution >= 0.6 is 15.9 Å². The number of hydrogen-bond acceptors (Lipinski definition) is 2. The molecule has 0 aliphatic rings. The lowest BCUT2D eigenvalue weighted by Gasteiger charge is -1.95. The lowest BCUT2D eigenvalue weighted by atomic mass is 10.1. The van der Waals surface area contributed by atoms with Gasteiger partial charge in [0.2, 0.25) is 0 Å². The van der Waals surface area contributed by atoms with Crippen LogP contribution in [0.4, 0.5) is 0 Å². The molecule has 3 nitrogen and oxygen atoms in total. The number of rotatable bonds is 1. The van der Waals surface area contributed by atoms with Crippen LogP contribution in [0.15, 0.2) is 22.8 Å². The minimum absolute atomic E-state index is 0.529. The molecule has 1 aromatic carbocycles. The highest BCUT2D eigenvalue weighted by atomic mass is 79.9. The Bertz CT molecular complexity index is 447. The molecule has 1 heterocycles. The summed E-state index contributed by atoms with van der Waals surface area (Å²) in [5.41, 5.74) is 7.68. The molecule has 2 rings (SSSR count). The van der Waals surface area contributed by atoms with Crippen molar-refractivity contribution in [3.63, 3.8) is 0 Å². The van der Waals surface area contributed by atoms with Crippen LogP contribution in [0.5, 0.6) is 0 Å². The number of nitrogens with two attached hydrogens (primary N) is 1. The Morgan fingerprint density at radius 3 is 3.00 bits per heavy atom. The Morgan fingerprint density at radius 2 is 2.31 bits per heavy atom. The van der Waals surface area contributed by atoms with Crippen molar-refractivity contribution >= 4 is 26.8 Å². The number of aryl methyl sites for hydroxylation is 1. The summed E-state index contributed by atoms with van der Waals surface area (Å²) in [6.07, 6.45) is 0. The van der Waals surface area contributed by atoms with Gasteiger partial charge < -0.3 is 5.73 Å². The fourth-order valence-corrected chi connectivity index (χ4v) is 1.81. The van der Waals surface area contributed by atoms with Crippen molar-refractivity contribution in [3.8, 4) is 0 Å². The van der Waals surface area contributed by atoms with Gasteiger partial charge in [-0.15, -0.1) is 0 Å². The lowest BCUT2D eigenvalue weighted by molar-refractivity contribution is 0.759. The Balaban J connectivity index is 2.84. The van der Waals surface area contributed by atoms with E-state index in [9.17, 15) is 0 Å². The molecule has 0 saturated heterocycles. The minimum Gasteiger partial charge on any atom is -0.326 e. The Kier molecular flexibility index (Phi) is 2.09. The molecule has 0 saturated carbocycles. The lowest BCUT2D eigenvalue weighted by Crippen LogP contribution is -1.97. The summed E-state index contributed by atoms with van der Waals surface area (Å²) in [5.74, 6) is 0. The van der Waals surface area contributed by atoms with Gasteiger partial charge >= 0.3 is 0 Å². The predicted molar refractivity (Wildman–Crippen MR) is 56.3 cm³/mol. The van der Waals surface area contributed by atoms with Crippen molar-refractivity contribution in [2.75, 3.05) is 0 Å². The number of nitrogens with zero attached hydrogens (tertiary/aromatic N) is 2. The first-order valence-corrected chi connectivity index (χ1v) is 4.83. The first-order chi connectivity index (χ1) is 6.24. The van der Waals surface area contributed by atoms with Crippen molar-refractivity contribution in [1.82, 2.24) is 9.78 Å². The predicted octanol–water partition coefficient (Wildman–Crippen LogP) is 1.79. The summed E-state index contributed by atoms with van der Waals surface area (Å²) in [7, 11) is 1.91. The van der Waals surface area contributed by atoms with Crippen LogP contribution < -0.4 is 5.73 Å². The van der Waals surface area contributed by atoms with E-state index in [2.05, 4.69) is 21.0 Å². The number of fused-ring (bicyclic) bond motifs is 1. The molecule has 13 heavy (non-hydrogen) atoms. The zero-order chi connectivity index (χ0) is 9.42. The molecular formula is C9H10BrN3. The van der Waals surface area contributed by atoms with Crippen molar-refractivity contribution in [2.24, 2.45) is 12.8 Å². The third kappa shape index (κ3) is 1.26. The quantitative estimate of drug-likeness (QED) is 0.825. The Hall–Kier alpha value is -0.870. The second-order valence-corrected chi connectivity index (χ2v) is 3.68. The normalized spacial score (nSPS) is 11.0. The molecule has 0 bridgehead atoms. The van der Waals surface area contributed by atoms with Gasteiger partial charge in [-0.25, -0.2) is 0 Å². The van der Waals surface area contributed by atoms with Gasteiger partial charge in [-0.1, -0.05) is 18.2 Å².